The first-order chi connectivity index (χ1) is 2.81. The predicted octanol–water partition coefficient (Wildman–Crippen LogP) is -0.494. The molecule has 0 aliphatic rings. The molecule has 0 bridgehead atoms. The summed E-state index contributed by atoms with van der Waals surface area (Å²) in [6.45, 7) is 6.64. The molecule has 0 aromatic heterocycles. The van der Waals surface area contributed by atoms with Crippen molar-refractivity contribution in [1.82, 2.24) is 4.90 Å². The predicted molar refractivity (Wildman–Crippen MR) is 40.2 cm³/mol. The summed E-state index contributed by atoms with van der Waals surface area (Å²) < 4.78 is 0. The van der Waals surface area contributed by atoms with Gasteiger partial charge in [0.25, 0.3) is 0 Å². The zero-order valence-electron chi connectivity index (χ0n) is 4.86. The molecular weight excluding hydrogens is 102 g/mol. The van der Waals surface area contributed by atoms with E-state index in [1.165, 1.54) is 0 Å². The zero-order chi connectivity index (χ0) is 4.99. The van der Waals surface area contributed by atoms with Crippen molar-refractivity contribution >= 4 is 11.0 Å². The molecule has 7 heavy (non-hydrogen) atoms. The van der Waals surface area contributed by atoms with Crippen LogP contribution in [0.4, 0.5) is 0 Å². The van der Waals surface area contributed by atoms with Crippen LogP contribution >= 0.6 is 0 Å². The molecule has 0 fully saturated rings. The van der Waals surface area contributed by atoms with E-state index < -0.39 is 0 Å². The first-order valence-electron chi connectivity index (χ1n) is 2.49. The molecule has 0 aliphatic carbocycles. The highest BCUT2D eigenvalue weighted by Crippen LogP contribution is 1.73. The summed E-state index contributed by atoms with van der Waals surface area (Å²) >= 11 is 0. The van der Waals surface area contributed by atoms with Gasteiger partial charge in [-0.1, -0.05) is 13.8 Å². The molecule has 0 atom stereocenters. The molecule has 0 saturated carbocycles. The van der Waals surface area contributed by atoms with Gasteiger partial charge < -0.3 is 4.90 Å². The molecule has 0 aromatic carbocycles. The molecule has 0 heterocycles. The van der Waals surface area contributed by atoms with Gasteiger partial charge in [-0.3, -0.25) is 0 Å². The average molecular weight is 119 g/mol. The van der Waals surface area contributed by atoms with E-state index in [1.54, 1.807) is 0 Å². The van der Waals surface area contributed by atoms with E-state index in [-0.39, 0.29) is 11.0 Å². The van der Waals surface area contributed by atoms with Gasteiger partial charge in [-0.25, -0.2) is 0 Å². The molecule has 0 N–H and O–H groups in total. The van der Waals surface area contributed by atoms with Crippen LogP contribution in [0.2, 0.25) is 0 Å². The van der Waals surface area contributed by atoms with Crippen molar-refractivity contribution in [3.05, 3.63) is 0 Å². The quantitative estimate of drug-likeness (QED) is 0.443. The Morgan fingerprint density at radius 3 is 1.43 bits per heavy atom. The third kappa shape index (κ3) is 6.18. The third-order valence-corrected chi connectivity index (χ3v) is 1.08. The Morgan fingerprint density at radius 1 is 1.14 bits per heavy atom. The Balaban J connectivity index is 0. The van der Waals surface area contributed by atoms with Gasteiger partial charge >= 0.3 is 0 Å². The largest absolute Gasteiger partial charge is 0.307 e. The minimum absolute atomic E-state index is 0. The van der Waals surface area contributed by atoms with Gasteiger partial charge in [0.05, 0.1) is 0 Å². The fraction of sp³-hybridized carbons (Fsp3) is 1.00. The second-order valence-electron chi connectivity index (χ2n) is 1.49. The molecule has 0 spiro atoms. The summed E-state index contributed by atoms with van der Waals surface area (Å²) in [5.74, 6) is 0. The van der Waals surface area contributed by atoms with Crippen molar-refractivity contribution in [3.63, 3.8) is 0 Å². The summed E-state index contributed by atoms with van der Waals surface area (Å²) in [6.07, 6.45) is 0. The lowest BCUT2D eigenvalue weighted by Gasteiger charge is -2.07. The van der Waals surface area contributed by atoms with Crippen LogP contribution in [0.3, 0.4) is 0 Å². The van der Waals surface area contributed by atoms with E-state index in [2.05, 4.69) is 25.8 Å². The molecule has 0 radical (unpaired) electrons. The number of hydrogen-bond acceptors (Lipinski definition) is 1. The van der Waals surface area contributed by atoms with E-state index in [1.807, 2.05) is 0 Å². The summed E-state index contributed by atoms with van der Waals surface area (Å²) in [5.41, 5.74) is 0. The maximum absolute atomic E-state index is 2.25. The lowest BCUT2D eigenvalue weighted by atomic mass is 10.6. The molecule has 0 unspecified atom stereocenters. The van der Waals surface area contributed by atoms with E-state index in [9.17, 15) is 0 Å². The highest BCUT2D eigenvalue weighted by Gasteiger charge is 1.81. The van der Waals surface area contributed by atoms with Gasteiger partial charge in [-0.05, 0) is 31.1 Å². The van der Waals surface area contributed by atoms with Crippen LogP contribution in [0, 0.1) is 0 Å². The van der Waals surface area contributed by atoms with Crippen molar-refractivity contribution < 1.29 is 0 Å². The Hall–Kier alpha value is 0.177. The lowest BCUT2D eigenvalue weighted by Crippen LogP contribution is -2.15. The fourth-order valence-corrected chi connectivity index (χ4v) is 0.224. The summed E-state index contributed by atoms with van der Waals surface area (Å²) in [5, 5.41) is 0. The zero-order valence-corrected chi connectivity index (χ0v) is 4.86. The highest BCUT2D eigenvalue weighted by atomic mass is 28.1. The molecule has 0 aromatic rings. The first-order valence-corrected chi connectivity index (χ1v) is 2.49. The van der Waals surface area contributed by atoms with Gasteiger partial charge in [0, 0.05) is 0 Å². The van der Waals surface area contributed by atoms with Crippen LogP contribution in [0.5, 0.6) is 0 Å². The number of nitrogens with zero attached hydrogens (tertiary/aromatic N) is 1. The second-order valence-corrected chi connectivity index (χ2v) is 1.49. The number of hydrogen-bond donors (Lipinski definition) is 0. The molecule has 0 saturated heterocycles. The van der Waals surface area contributed by atoms with Gasteiger partial charge in [-0.2, -0.15) is 0 Å². The van der Waals surface area contributed by atoms with Crippen molar-refractivity contribution in [3.8, 4) is 0 Å². The minimum atomic E-state index is 0. The molecular formula is C5H17NSi. The van der Waals surface area contributed by atoms with Crippen LogP contribution in [-0.4, -0.2) is 36.0 Å². The Bertz CT molecular complexity index is 27.3. The monoisotopic (exact) mass is 119 g/mol. The molecule has 2 heteroatoms. The van der Waals surface area contributed by atoms with Gasteiger partial charge in [0.1, 0.15) is 0 Å². The van der Waals surface area contributed by atoms with Crippen molar-refractivity contribution in [2.24, 2.45) is 0 Å². The summed E-state index contributed by atoms with van der Waals surface area (Å²) in [6, 6.07) is 0. The minimum Gasteiger partial charge on any atom is -0.307 e. The van der Waals surface area contributed by atoms with Crippen LogP contribution < -0.4 is 0 Å². The SMILES string of the molecule is CCN(C)CC.[SiH4]. The maximum atomic E-state index is 2.25. The Kier molecular flexibility index (Phi) is 9.02. The standard InChI is InChI=1S/C5H13N.H4Si/c1-4-6(3)5-2;/h4-5H2,1-3H3;1H4. The van der Waals surface area contributed by atoms with Gasteiger partial charge in [0.15, 0.2) is 0 Å². The second kappa shape index (κ2) is 6.18. The van der Waals surface area contributed by atoms with Crippen LogP contribution in [-0.2, 0) is 0 Å². The van der Waals surface area contributed by atoms with Crippen molar-refractivity contribution in [2.45, 2.75) is 13.8 Å². The van der Waals surface area contributed by atoms with Gasteiger partial charge in [0.2, 0.25) is 0 Å². The first kappa shape index (κ1) is 10.2. The number of rotatable bonds is 2. The molecule has 0 amide bonds. The molecule has 1 nitrogen and oxygen atoms in total. The summed E-state index contributed by atoms with van der Waals surface area (Å²) in [4.78, 5) is 2.25. The van der Waals surface area contributed by atoms with Crippen LogP contribution in [0.15, 0.2) is 0 Å². The summed E-state index contributed by atoms with van der Waals surface area (Å²) in [7, 11) is 2.11. The van der Waals surface area contributed by atoms with Gasteiger partial charge in [-0.15, -0.1) is 0 Å². The third-order valence-electron chi connectivity index (χ3n) is 1.08. The molecule has 46 valence electrons. The van der Waals surface area contributed by atoms with Crippen LogP contribution in [0.25, 0.3) is 0 Å². The van der Waals surface area contributed by atoms with Crippen LogP contribution in [0.1, 0.15) is 13.8 Å². The van der Waals surface area contributed by atoms with E-state index in [0.29, 0.717) is 0 Å². The Labute approximate surface area is 50.7 Å². The Morgan fingerprint density at radius 2 is 1.43 bits per heavy atom. The van der Waals surface area contributed by atoms with E-state index >= 15 is 0 Å². The maximum Gasteiger partial charge on any atom is -0.00504 e. The topological polar surface area (TPSA) is 3.24 Å². The fourth-order valence-electron chi connectivity index (χ4n) is 0.224. The highest BCUT2D eigenvalue weighted by molar-refractivity contribution is 5.75. The smallest absolute Gasteiger partial charge is 0.00504 e. The average Bonchev–Trinajstić information content (AvgIpc) is 1.65. The van der Waals surface area contributed by atoms with E-state index in [0.717, 1.165) is 13.1 Å². The van der Waals surface area contributed by atoms with E-state index in [4.69, 9.17) is 0 Å². The molecule has 0 aliphatic heterocycles. The lowest BCUT2D eigenvalue weighted by molar-refractivity contribution is 0.373. The van der Waals surface area contributed by atoms with Crippen molar-refractivity contribution in [2.75, 3.05) is 20.1 Å². The molecule has 0 rings (SSSR count). The normalized spacial score (nSPS) is 8.57. The van der Waals surface area contributed by atoms with Crippen molar-refractivity contribution in [1.29, 1.82) is 0 Å².